The molecule has 140 valence electrons. The highest BCUT2D eigenvalue weighted by Crippen LogP contribution is 2.10. The molecule has 1 atom stereocenters. The number of allylic oxidation sites excluding steroid dienone is 2. The lowest BCUT2D eigenvalue weighted by molar-refractivity contribution is -0.164. The van der Waals surface area contributed by atoms with Crippen LogP contribution in [0.3, 0.4) is 0 Å². The maximum Gasteiger partial charge on any atom is 0.345 e. The molecule has 0 saturated carbocycles. The summed E-state index contributed by atoms with van der Waals surface area (Å²) >= 11 is 0. The van der Waals surface area contributed by atoms with Crippen LogP contribution in [0.1, 0.15) is 97.3 Å². The fourth-order valence-corrected chi connectivity index (χ4v) is 2.51. The molecule has 0 aliphatic rings. The van der Waals surface area contributed by atoms with E-state index in [0.717, 1.165) is 25.7 Å². The van der Waals surface area contributed by atoms with Crippen molar-refractivity contribution >= 4 is 11.9 Å². The van der Waals surface area contributed by atoms with Gasteiger partial charge in [-0.05, 0) is 38.5 Å². The fourth-order valence-electron chi connectivity index (χ4n) is 2.51. The molecule has 0 rings (SSSR count). The largest absolute Gasteiger partial charge is 0.479 e. The molecule has 1 N–H and O–H groups in total. The molecule has 0 aromatic heterocycles. The Balaban J connectivity index is 3.40. The lowest BCUT2D eigenvalue weighted by Gasteiger charge is -2.11. The zero-order valence-corrected chi connectivity index (χ0v) is 15.6. The molecule has 0 aliphatic carbocycles. The first-order valence-corrected chi connectivity index (χ1v) is 9.69. The first kappa shape index (κ1) is 22.7. The van der Waals surface area contributed by atoms with E-state index in [1.807, 2.05) is 0 Å². The number of rotatable bonds is 16. The Labute approximate surface area is 147 Å². The van der Waals surface area contributed by atoms with Crippen LogP contribution in [-0.2, 0) is 14.3 Å². The van der Waals surface area contributed by atoms with Gasteiger partial charge in [0.15, 0.2) is 6.10 Å². The highest BCUT2D eigenvalue weighted by Gasteiger charge is 2.19. The number of ether oxygens (including phenoxy) is 1. The van der Waals surface area contributed by atoms with Gasteiger partial charge in [0.2, 0.25) is 0 Å². The molecular weight excluding hydrogens is 304 g/mol. The molecule has 0 aromatic rings. The Morgan fingerprint density at radius 1 is 0.875 bits per heavy atom. The minimum absolute atomic E-state index is 0.313. The van der Waals surface area contributed by atoms with Gasteiger partial charge in [-0.15, -0.1) is 0 Å². The summed E-state index contributed by atoms with van der Waals surface area (Å²) in [6.45, 7) is 3.93. The van der Waals surface area contributed by atoms with Crippen LogP contribution in [0.4, 0.5) is 0 Å². The Bertz CT molecular complexity index is 350. The Kier molecular flexibility index (Phi) is 15.6. The molecule has 0 heterocycles. The Morgan fingerprint density at radius 3 is 1.96 bits per heavy atom. The van der Waals surface area contributed by atoms with Crippen LogP contribution >= 0.6 is 0 Å². The van der Waals surface area contributed by atoms with Gasteiger partial charge >= 0.3 is 11.9 Å². The number of aliphatic carboxylic acids is 1. The fraction of sp³-hybridized carbons (Fsp3) is 0.800. The maximum atomic E-state index is 11.5. The number of carboxylic acid groups (broad SMARTS) is 1. The summed E-state index contributed by atoms with van der Waals surface area (Å²) in [6.07, 6.45) is 17.2. The molecule has 24 heavy (non-hydrogen) atoms. The van der Waals surface area contributed by atoms with E-state index in [9.17, 15) is 9.59 Å². The van der Waals surface area contributed by atoms with Crippen molar-refractivity contribution in [1.82, 2.24) is 0 Å². The van der Waals surface area contributed by atoms with Gasteiger partial charge in [-0.2, -0.15) is 0 Å². The van der Waals surface area contributed by atoms with Crippen molar-refractivity contribution in [3.8, 4) is 0 Å². The summed E-state index contributed by atoms with van der Waals surface area (Å²) in [5.41, 5.74) is 0. The van der Waals surface area contributed by atoms with Crippen LogP contribution in [0.15, 0.2) is 12.2 Å². The predicted molar refractivity (Wildman–Crippen MR) is 98.0 cm³/mol. The summed E-state index contributed by atoms with van der Waals surface area (Å²) in [5.74, 6) is -1.46. The molecule has 0 amide bonds. The van der Waals surface area contributed by atoms with Gasteiger partial charge in [-0.3, -0.25) is 4.79 Å². The molecule has 0 radical (unpaired) electrons. The van der Waals surface area contributed by atoms with E-state index >= 15 is 0 Å². The van der Waals surface area contributed by atoms with E-state index in [4.69, 9.17) is 9.84 Å². The quantitative estimate of drug-likeness (QED) is 0.224. The van der Waals surface area contributed by atoms with Crippen molar-refractivity contribution in [2.45, 2.75) is 103 Å². The van der Waals surface area contributed by atoms with Gasteiger partial charge in [0.05, 0.1) is 0 Å². The standard InChI is InChI=1S/C20H36O4/c1-3-5-6-7-8-9-10-11-12-13-14-15-16-17-19(21)24-18(4-2)20(22)23/h9-10,18H,3-8,11-17H2,1-2H3,(H,22,23)/b10-9-. The smallest absolute Gasteiger partial charge is 0.345 e. The number of unbranched alkanes of at least 4 members (excludes halogenated alkanes) is 9. The molecule has 0 spiro atoms. The second kappa shape index (κ2) is 16.5. The molecule has 1 unspecified atom stereocenters. The summed E-state index contributed by atoms with van der Waals surface area (Å²) in [6, 6.07) is 0. The van der Waals surface area contributed by atoms with Crippen molar-refractivity contribution in [1.29, 1.82) is 0 Å². The van der Waals surface area contributed by atoms with Crippen molar-refractivity contribution in [3.05, 3.63) is 12.2 Å². The maximum absolute atomic E-state index is 11.5. The Hall–Kier alpha value is -1.32. The van der Waals surface area contributed by atoms with Gasteiger partial charge < -0.3 is 9.84 Å². The Morgan fingerprint density at radius 2 is 1.42 bits per heavy atom. The van der Waals surface area contributed by atoms with E-state index in [0.29, 0.717) is 12.8 Å². The summed E-state index contributed by atoms with van der Waals surface area (Å²) in [5, 5.41) is 8.82. The average Bonchev–Trinajstić information content (AvgIpc) is 2.56. The van der Waals surface area contributed by atoms with Crippen molar-refractivity contribution in [2.24, 2.45) is 0 Å². The zero-order chi connectivity index (χ0) is 18.0. The van der Waals surface area contributed by atoms with Gasteiger partial charge in [-0.1, -0.05) is 64.5 Å². The third kappa shape index (κ3) is 14.3. The van der Waals surface area contributed by atoms with Crippen LogP contribution < -0.4 is 0 Å². The van der Waals surface area contributed by atoms with Gasteiger partial charge in [0.25, 0.3) is 0 Å². The van der Waals surface area contributed by atoms with Crippen LogP contribution in [0, 0.1) is 0 Å². The second-order valence-corrected chi connectivity index (χ2v) is 6.35. The second-order valence-electron chi connectivity index (χ2n) is 6.35. The van der Waals surface area contributed by atoms with Gasteiger partial charge in [0, 0.05) is 6.42 Å². The molecular formula is C20H36O4. The lowest BCUT2D eigenvalue weighted by Crippen LogP contribution is -2.26. The minimum atomic E-state index is -1.07. The number of carbonyl (C=O) groups is 2. The highest BCUT2D eigenvalue weighted by molar-refractivity contribution is 5.77. The van der Waals surface area contributed by atoms with Gasteiger partial charge in [0.1, 0.15) is 0 Å². The molecule has 0 bridgehead atoms. The lowest BCUT2D eigenvalue weighted by atomic mass is 10.1. The number of carbonyl (C=O) groups excluding carboxylic acids is 1. The minimum Gasteiger partial charge on any atom is -0.479 e. The SMILES string of the molecule is CCCCCC/C=C\CCCCCCCC(=O)OC(CC)C(=O)O. The van der Waals surface area contributed by atoms with E-state index < -0.39 is 18.0 Å². The average molecular weight is 341 g/mol. The molecule has 4 heteroatoms. The van der Waals surface area contributed by atoms with Gasteiger partial charge in [-0.25, -0.2) is 4.79 Å². The third-order valence-corrected chi connectivity index (χ3v) is 4.06. The summed E-state index contributed by atoms with van der Waals surface area (Å²) in [4.78, 5) is 22.3. The first-order valence-electron chi connectivity index (χ1n) is 9.69. The van der Waals surface area contributed by atoms with Crippen molar-refractivity contribution in [2.75, 3.05) is 0 Å². The molecule has 0 saturated heterocycles. The molecule has 0 fully saturated rings. The monoisotopic (exact) mass is 340 g/mol. The number of carboxylic acids is 1. The molecule has 0 aromatic carbocycles. The summed E-state index contributed by atoms with van der Waals surface area (Å²) in [7, 11) is 0. The van der Waals surface area contributed by atoms with Crippen molar-refractivity contribution in [3.63, 3.8) is 0 Å². The number of hydrogen-bond acceptors (Lipinski definition) is 3. The third-order valence-electron chi connectivity index (χ3n) is 4.06. The zero-order valence-electron chi connectivity index (χ0n) is 15.6. The number of esters is 1. The molecule has 0 aliphatic heterocycles. The van der Waals surface area contributed by atoms with E-state index in [1.165, 1.54) is 44.9 Å². The van der Waals surface area contributed by atoms with Crippen LogP contribution in [-0.4, -0.2) is 23.1 Å². The van der Waals surface area contributed by atoms with Crippen LogP contribution in [0.2, 0.25) is 0 Å². The van der Waals surface area contributed by atoms with Crippen molar-refractivity contribution < 1.29 is 19.4 Å². The predicted octanol–water partition coefficient (Wildman–Crippen LogP) is 5.65. The summed E-state index contributed by atoms with van der Waals surface area (Å²) < 4.78 is 4.92. The van der Waals surface area contributed by atoms with E-state index in [2.05, 4.69) is 19.1 Å². The van der Waals surface area contributed by atoms with Crippen LogP contribution in [0.5, 0.6) is 0 Å². The number of hydrogen-bond donors (Lipinski definition) is 1. The van der Waals surface area contributed by atoms with E-state index in [-0.39, 0.29) is 0 Å². The first-order chi connectivity index (χ1) is 11.6. The normalized spacial score (nSPS) is 12.4. The van der Waals surface area contributed by atoms with Crippen LogP contribution in [0.25, 0.3) is 0 Å². The topological polar surface area (TPSA) is 63.6 Å². The highest BCUT2D eigenvalue weighted by atomic mass is 16.6. The molecule has 4 nitrogen and oxygen atoms in total. The van der Waals surface area contributed by atoms with E-state index in [1.54, 1.807) is 6.92 Å².